The molecule has 1 amide bonds. The van der Waals surface area contributed by atoms with Gasteiger partial charge in [0.1, 0.15) is 0 Å². The molecule has 0 fully saturated rings. The molecular weight excluding hydrogens is 338 g/mol. The molecule has 27 heavy (non-hydrogen) atoms. The number of hydrogen-bond acceptors (Lipinski definition) is 2. The smallest absolute Gasteiger partial charge is 0.248 e. The lowest BCUT2D eigenvalue weighted by Gasteiger charge is -2.11. The summed E-state index contributed by atoms with van der Waals surface area (Å²) >= 11 is 0. The van der Waals surface area contributed by atoms with E-state index in [0.29, 0.717) is 5.69 Å². The van der Waals surface area contributed by atoms with Crippen molar-refractivity contribution in [3.63, 3.8) is 0 Å². The van der Waals surface area contributed by atoms with E-state index < -0.39 is 0 Å². The van der Waals surface area contributed by atoms with Crippen LogP contribution >= 0.6 is 0 Å². The summed E-state index contributed by atoms with van der Waals surface area (Å²) in [5.74, 6) is 0.151. The molecule has 0 aliphatic carbocycles. The van der Waals surface area contributed by atoms with E-state index in [9.17, 15) is 9.59 Å². The fourth-order valence-electron chi connectivity index (χ4n) is 3.50. The third-order valence-electron chi connectivity index (χ3n) is 4.81. The van der Waals surface area contributed by atoms with E-state index in [1.54, 1.807) is 6.07 Å². The zero-order chi connectivity index (χ0) is 19.0. The van der Waals surface area contributed by atoms with Gasteiger partial charge >= 0.3 is 0 Å². The molecule has 0 aliphatic heterocycles. The average Bonchev–Trinajstić information content (AvgIpc) is 3.03. The average molecular weight is 359 g/mol. The van der Waals surface area contributed by atoms with E-state index in [0.717, 1.165) is 32.9 Å². The summed E-state index contributed by atoms with van der Waals surface area (Å²) in [6.45, 7) is 4.12. The van der Waals surface area contributed by atoms with Crippen LogP contribution in [0.4, 0.5) is 5.69 Å². The maximum absolute atomic E-state index is 12.5. The van der Waals surface area contributed by atoms with E-state index in [1.165, 1.54) is 0 Å². The third-order valence-corrected chi connectivity index (χ3v) is 4.81. The molecule has 0 bridgehead atoms. The van der Waals surface area contributed by atoms with Crippen molar-refractivity contribution >= 4 is 33.4 Å². The fraction of sp³-hybridized carbons (Fsp3) is 0.182. The third kappa shape index (κ3) is 3.36. The molecule has 4 rings (SSSR count). The summed E-state index contributed by atoms with van der Waals surface area (Å²) in [6.07, 6.45) is 2.15. The Balaban J connectivity index is 1.59. The van der Waals surface area contributed by atoms with Crippen molar-refractivity contribution in [1.29, 1.82) is 0 Å². The molecule has 2 aromatic heterocycles. The van der Waals surface area contributed by atoms with Crippen LogP contribution in [-0.2, 0) is 11.2 Å². The van der Waals surface area contributed by atoms with Gasteiger partial charge < -0.3 is 15.3 Å². The summed E-state index contributed by atoms with van der Waals surface area (Å²) < 4.78 is 0. The number of fused-ring (bicyclic) bond motifs is 2. The Labute approximate surface area is 156 Å². The fourth-order valence-corrected chi connectivity index (χ4v) is 3.50. The lowest BCUT2D eigenvalue weighted by molar-refractivity contribution is -0.115. The molecular formula is C22H21N3O2. The van der Waals surface area contributed by atoms with Crippen molar-refractivity contribution in [2.45, 2.75) is 26.2 Å². The molecule has 0 radical (unpaired) electrons. The van der Waals surface area contributed by atoms with Crippen LogP contribution in [0.15, 0.2) is 59.5 Å². The molecule has 136 valence electrons. The van der Waals surface area contributed by atoms with Crippen LogP contribution in [0.5, 0.6) is 0 Å². The monoisotopic (exact) mass is 359 g/mol. The van der Waals surface area contributed by atoms with Gasteiger partial charge in [-0.1, -0.05) is 38.1 Å². The van der Waals surface area contributed by atoms with E-state index in [2.05, 4.69) is 29.1 Å². The van der Waals surface area contributed by atoms with Gasteiger partial charge in [-0.2, -0.15) is 0 Å². The normalized spacial score (nSPS) is 11.4. The maximum atomic E-state index is 12.5. The van der Waals surface area contributed by atoms with Crippen molar-refractivity contribution < 1.29 is 4.79 Å². The van der Waals surface area contributed by atoms with Crippen LogP contribution < -0.4 is 10.9 Å². The molecule has 0 atom stereocenters. The Morgan fingerprint density at radius 1 is 1.04 bits per heavy atom. The summed E-state index contributed by atoms with van der Waals surface area (Å²) in [4.78, 5) is 30.5. The van der Waals surface area contributed by atoms with Crippen molar-refractivity contribution in [3.05, 3.63) is 76.2 Å². The number of H-pyrrole nitrogens is 2. The second-order valence-corrected chi connectivity index (χ2v) is 7.09. The highest BCUT2D eigenvalue weighted by Crippen LogP contribution is 2.25. The van der Waals surface area contributed by atoms with Crippen LogP contribution in [-0.4, -0.2) is 15.9 Å². The number of aromatic amines is 2. The van der Waals surface area contributed by atoms with Crippen LogP contribution in [0.2, 0.25) is 0 Å². The molecule has 0 spiro atoms. The van der Waals surface area contributed by atoms with E-state index in [4.69, 9.17) is 0 Å². The second kappa shape index (κ2) is 6.76. The second-order valence-electron chi connectivity index (χ2n) is 7.09. The van der Waals surface area contributed by atoms with E-state index in [-0.39, 0.29) is 23.8 Å². The van der Waals surface area contributed by atoms with Gasteiger partial charge in [0.15, 0.2) is 0 Å². The number of anilines is 1. The predicted octanol–water partition coefficient (Wildman–Crippen LogP) is 4.31. The molecule has 2 aromatic carbocycles. The standard InChI is InChI=1S/C22H21N3O2/c1-13(2)18-11-22(27)25-20-10-15(7-8-17(18)20)24-21(26)9-14-12-23-19-6-4-3-5-16(14)19/h3-8,10-13,23H,9H2,1-2H3,(H,24,26)(H,25,27). The molecule has 5 heteroatoms. The molecule has 0 saturated carbocycles. The summed E-state index contributed by atoms with van der Waals surface area (Å²) in [6, 6.07) is 15.2. The lowest BCUT2D eigenvalue weighted by Crippen LogP contribution is -2.14. The van der Waals surface area contributed by atoms with Crippen LogP contribution in [0.25, 0.3) is 21.8 Å². The number of pyridine rings is 1. The van der Waals surface area contributed by atoms with Crippen LogP contribution in [0.1, 0.15) is 30.9 Å². The Morgan fingerprint density at radius 3 is 2.67 bits per heavy atom. The summed E-state index contributed by atoms with van der Waals surface area (Å²) in [5.41, 5.74) is 4.25. The Hall–Kier alpha value is -3.34. The minimum absolute atomic E-state index is 0.0959. The first kappa shape index (κ1) is 17.1. The molecule has 0 unspecified atom stereocenters. The number of nitrogens with one attached hydrogen (secondary N) is 3. The number of amides is 1. The molecule has 0 saturated heterocycles. The van der Waals surface area contributed by atoms with Gasteiger partial charge in [-0.25, -0.2) is 0 Å². The molecule has 2 heterocycles. The first-order valence-corrected chi connectivity index (χ1v) is 9.03. The van der Waals surface area contributed by atoms with Crippen molar-refractivity contribution in [2.24, 2.45) is 0 Å². The molecule has 3 N–H and O–H groups in total. The zero-order valence-electron chi connectivity index (χ0n) is 15.3. The van der Waals surface area contributed by atoms with Crippen LogP contribution in [0, 0.1) is 0 Å². The quantitative estimate of drug-likeness (QED) is 0.508. The lowest BCUT2D eigenvalue weighted by atomic mass is 9.99. The zero-order valence-corrected chi connectivity index (χ0v) is 15.3. The van der Waals surface area contributed by atoms with Crippen molar-refractivity contribution in [2.75, 3.05) is 5.32 Å². The number of benzene rings is 2. The number of rotatable bonds is 4. The highest BCUT2D eigenvalue weighted by Gasteiger charge is 2.11. The van der Waals surface area contributed by atoms with Crippen molar-refractivity contribution in [1.82, 2.24) is 9.97 Å². The summed E-state index contributed by atoms with van der Waals surface area (Å²) in [5, 5.41) is 4.98. The molecule has 5 nitrogen and oxygen atoms in total. The first-order chi connectivity index (χ1) is 13.0. The highest BCUT2D eigenvalue weighted by atomic mass is 16.1. The maximum Gasteiger partial charge on any atom is 0.248 e. The largest absolute Gasteiger partial charge is 0.361 e. The number of aromatic nitrogens is 2. The Kier molecular flexibility index (Phi) is 4.28. The highest BCUT2D eigenvalue weighted by molar-refractivity contribution is 5.97. The topological polar surface area (TPSA) is 77.8 Å². The van der Waals surface area contributed by atoms with Crippen LogP contribution in [0.3, 0.4) is 0 Å². The molecule has 0 aliphatic rings. The van der Waals surface area contributed by atoms with Gasteiger partial charge in [0.2, 0.25) is 11.5 Å². The predicted molar refractivity (Wildman–Crippen MR) is 109 cm³/mol. The van der Waals surface area contributed by atoms with Gasteiger partial charge in [-0.05, 0) is 35.2 Å². The van der Waals surface area contributed by atoms with Gasteiger partial charge in [0.25, 0.3) is 0 Å². The van der Waals surface area contributed by atoms with E-state index >= 15 is 0 Å². The molecule has 4 aromatic rings. The SMILES string of the molecule is CC(C)c1cc(=O)[nH]c2cc(NC(=O)Cc3c[nH]c4ccccc34)ccc12. The number of carbonyl (C=O) groups excluding carboxylic acids is 1. The van der Waals surface area contributed by atoms with Gasteiger partial charge in [0.05, 0.1) is 11.9 Å². The summed E-state index contributed by atoms with van der Waals surface area (Å²) in [7, 11) is 0. The van der Waals surface area contributed by atoms with Gasteiger partial charge in [-0.15, -0.1) is 0 Å². The Bertz CT molecular complexity index is 1200. The van der Waals surface area contributed by atoms with Gasteiger partial charge in [0, 0.05) is 34.2 Å². The number of para-hydroxylation sites is 1. The minimum atomic E-state index is -0.131. The minimum Gasteiger partial charge on any atom is -0.361 e. The van der Waals surface area contributed by atoms with Crippen molar-refractivity contribution in [3.8, 4) is 0 Å². The number of carbonyl (C=O) groups is 1. The van der Waals surface area contributed by atoms with E-state index in [1.807, 2.05) is 48.7 Å². The Morgan fingerprint density at radius 2 is 1.85 bits per heavy atom. The number of hydrogen-bond donors (Lipinski definition) is 3. The first-order valence-electron chi connectivity index (χ1n) is 9.03. The van der Waals surface area contributed by atoms with Gasteiger partial charge in [-0.3, -0.25) is 9.59 Å².